The van der Waals surface area contributed by atoms with Gasteiger partial charge >= 0.3 is 0 Å². The number of carbonyl (C=O) groups is 2. The Morgan fingerprint density at radius 2 is 2.00 bits per heavy atom. The van der Waals surface area contributed by atoms with E-state index in [0.717, 1.165) is 16.5 Å². The Hall–Kier alpha value is -2.70. The fraction of sp³-hybridized carbons (Fsp3) is 0.200. The highest BCUT2D eigenvalue weighted by molar-refractivity contribution is 6.35. The number of nitrogens with zero attached hydrogens (tertiary/aromatic N) is 1. The van der Waals surface area contributed by atoms with E-state index in [-0.39, 0.29) is 22.5 Å². The van der Waals surface area contributed by atoms with Crippen molar-refractivity contribution in [3.05, 3.63) is 63.3 Å². The zero-order valence-electron chi connectivity index (χ0n) is 15.0. The SMILES string of the molecule is Cn1c(C(=O)N[C@@H]2CCOc3c2ccc(C(N)=O)c3Cl)cc2ccc(Cl)cc21. The fourth-order valence-electron chi connectivity index (χ4n) is 3.52. The fourth-order valence-corrected chi connectivity index (χ4v) is 4.01. The van der Waals surface area contributed by atoms with Crippen LogP contribution in [0.25, 0.3) is 10.9 Å². The van der Waals surface area contributed by atoms with Crippen molar-refractivity contribution in [3.8, 4) is 5.75 Å². The van der Waals surface area contributed by atoms with Crippen LogP contribution in [0.3, 0.4) is 0 Å². The molecule has 0 spiro atoms. The first-order valence-electron chi connectivity index (χ1n) is 8.67. The van der Waals surface area contributed by atoms with E-state index >= 15 is 0 Å². The summed E-state index contributed by atoms with van der Waals surface area (Å²) in [5, 5.41) is 4.75. The molecule has 1 atom stereocenters. The van der Waals surface area contributed by atoms with E-state index in [9.17, 15) is 9.59 Å². The highest BCUT2D eigenvalue weighted by Gasteiger charge is 2.28. The second kappa shape index (κ2) is 7.04. The van der Waals surface area contributed by atoms with E-state index in [1.165, 1.54) is 0 Å². The van der Waals surface area contributed by atoms with Gasteiger partial charge in [0.05, 0.1) is 23.2 Å². The number of hydrogen-bond donors (Lipinski definition) is 2. The van der Waals surface area contributed by atoms with Crippen LogP contribution in [0.5, 0.6) is 5.75 Å². The second-order valence-corrected chi connectivity index (χ2v) is 7.48. The summed E-state index contributed by atoms with van der Waals surface area (Å²) in [6.45, 7) is 0.366. The van der Waals surface area contributed by atoms with Crippen molar-refractivity contribution < 1.29 is 14.3 Å². The highest BCUT2D eigenvalue weighted by Crippen LogP contribution is 2.39. The van der Waals surface area contributed by atoms with Gasteiger partial charge in [0, 0.05) is 35.0 Å². The Morgan fingerprint density at radius 3 is 2.75 bits per heavy atom. The smallest absolute Gasteiger partial charge is 0.268 e. The minimum atomic E-state index is -0.628. The van der Waals surface area contributed by atoms with E-state index in [1.54, 1.807) is 22.8 Å². The van der Waals surface area contributed by atoms with E-state index in [0.29, 0.717) is 29.5 Å². The molecule has 4 rings (SSSR count). The van der Waals surface area contributed by atoms with E-state index in [4.69, 9.17) is 33.7 Å². The van der Waals surface area contributed by atoms with Gasteiger partial charge < -0.3 is 20.4 Å². The Morgan fingerprint density at radius 1 is 1.21 bits per heavy atom. The van der Waals surface area contributed by atoms with Crippen LogP contribution >= 0.6 is 23.2 Å². The first kappa shape index (κ1) is 18.7. The number of nitrogens with two attached hydrogens (primary N) is 1. The Kier molecular flexibility index (Phi) is 4.69. The first-order chi connectivity index (χ1) is 13.4. The molecule has 6 nitrogen and oxygen atoms in total. The van der Waals surface area contributed by atoms with Crippen LogP contribution in [0.4, 0.5) is 0 Å². The first-order valence-corrected chi connectivity index (χ1v) is 9.43. The van der Waals surface area contributed by atoms with Crippen molar-refractivity contribution in [2.24, 2.45) is 12.8 Å². The lowest BCUT2D eigenvalue weighted by Crippen LogP contribution is -2.33. The molecular formula is C20H17Cl2N3O3. The van der Waals surface area contributed by atoms with Crippen LogP contribution in [0.2, 0.25) is 10.0 Å². The van der Waals surface area contributed by atoms with Gasteiger partial charge in [-0.15, -0.1) is 0 Å². The van der Waals surface area contributed by atoms with Gasteiger partial charge in [-0.2, -0.15) is 0 Å². The van der Waals surface area contributed by atoms with Crippen molar-refractivity contribution in [1.29, 1.82) is 0 Å². The van der Waals surface area contributed by atoms with Crippen molar-refractivity contribution in [1.82, 2.24) is 9.88 Å². The normalized spacial score (nSPS) is 15.8. The molecular weight excluding hydrogens is 401 g/mol. The summed E-state index contributed by atoms with van der Waals surface area (Å²) in [7, 11) is 1.82. The molecule has 28 heavy (non-hydrogen) atoms. The van der Waals surface area contributed by atoms with Gasteiger partial charge in [0.15, 0.2) is 0 Å². The number of rotatable bonds is 3. The van der Waals surface area contributed by atoms with Crippen LogP contribution in [0, 0.1) is 0 Å². The topological polar surface area (TPSA) is 86.3 Å². The van der Waals surface area contributed by atoms with Crippen LogP contribution in [0.15, 0.2) is 36.4 Å². The number of aryl methyl sites for hydroxylation is 1. The van der Waals surface area contributed by atoms with Crippen LogP contribution in [-0.4, -0.2) is 23.0 Å². The van der Waals surface area contributed by atoms with Crippen molar-refractivity contribution in [2.45, 2.75) is 12.5 Å². The lowest BCUT2D eigenvalue weighted by Gasteiger charge is -2.28. The van der Waals surface area contributed by atoms with Gasteiger partial charge in [-0.3, -0.25) is 9.59 Å². The van der Waals surface area contributed by atoms with Gasteiger partial charge in [-0.25, -0.2) is 0 Å². The monoisotopic (exact) mass is 417 g/mol. The molecule has 3 N–H and O–H groups in total. The number of hydrogen-bond acceptors (Lipinski definition) is 3. The molecule has 1 aromatic heterocycles. The molecule has 3 aromatic rings. The molecule has 0 unspecified atom stereocenters. The molecule has 2 aromatic carbocycles. The molecule has 1 aliphatic heterocycles. The molecule has 2 amide bonds. The number of amides is 2. The summed E-state index contributed by atoms with van der Waals surface area (Å²) >= 11 is 12.3. The van der Waals surface area contributed by atoms with Gasteiger partial charge in [0.1, 0.15) is 11.4 Å². The highest BCUT2D eigenvalue weighted by atomic mass is 35.5. The lowest BCUT2D eigenvalue weighted by atomic mass is 9.98. The minimum Gasteiger partial charge on any atom is -0.492 e. The zero-order chi connectivity index (χ0) is 20.0. The Balaban J connectivity index is 1.66. The molecule has 144 valence electrons. The predicted octanol–water partition coefficient (Wildman–Crippen LogP) is 3.84. The summed E-state index contributed by atoms with van der Waals surface area (Å²) in [4.78, 5) is 24.4. The number of halogens is 2. The summed E-state index contributed by atoms with van der Waals surface area (Å²) < 4.78 is 7.44. The third kappa shape index (κ3) is 3.08. The van der Waals surface area contributed by atoms with Crippen LogP contribution < -0.4 is 15.8 Å². The second-order valence-electron chi connectivity index (χ2n) is 6.66. The molecule has 1 aliphatic rings. The Labute approximate surface area is 171 Å². The Bertz CT molecular complexity index is 1120. The van der Waals surface area contributed by atoms with E-state index < -0.39 is 5.91 Å². The quantitative estimate of drug-likeness (QED) is 0.678. The van der Waals surface area contributed by atoms with Crippen LogP contribution in [-0.2, 0) is 7.05 Å². The zero-order valence-corrected chi connectivity index (χ0v) is 16.5. The van der Waals surface area contributed by atoms with Gasteiger partial charge in [0.2, 0.25) is 5.91 Å². The number of ether oxygens (including phenoxy) is 1. The third-order valence-electron chi connectivity index (χ3n) is 4.97. The summed E-state index contributed by atoms with van der Waals surface area (Å²) in [6.07, 6.45) is 0.584. The average molecular weight is 418 g/mol. The molecule has 0 aliphatic carbocycles. The predicted molar refractivity (Wildman–Crippen MR) is 108 cm³/mol. The number of nitrogens with one attached hydrogen (secondary N) is 1. The van der Waals surface area contributed by atoms with Crippen LogP contribution in [0.1, 0.15) is 38.9 Å². The maximum atomic E-state index is 12.9. The molecule has 0 fully saturated rings. The molecule has 8 heteroatoms. The van der Waals surface area contributed by atoms with Crippen molar-refractivity contribution >= 4 is 45.9 Å². The molecule has 2 heterocycles. The molecule has 0 saturated heterocycles. The molecule has 0 bridgehead atoms. The van der Waals surface area contributed by atoms with E-state index in [2.05, 4.69) is 5.32 Å². The number of benzene rings is 2. The summed E-state index contributed by atoms with van der Waals surface area (Å²) in [5.74, 6) is -0.460. The van der Waals surface area contributed by atoms with Gasteiger partial charge in [-0.1, -0.05) is 35.3 Å². The number of primary amides is 1. The van der Waals surface area contributed by atoms with Crippen molar-refractivity contribution in [2.75, 3.05) is 6.61 Å². The number of carbonyl (C=O) groups excluding carboxylic acids is 2. The molecule has 0 radical (unpaired) electrons. The third-order valence-corrected chi connectivity index (χ3v) is 5.58. The average Bonchev–Trinajstić information content (AvgIpc) is 2.98. The summed E-state index contributed by atoms with van der Waals surface area (Å²) in [5.41, 5.74) is 7.65. The maximum Gasteiger partial charge on any atom is 0.268 e. The number of fused-ring (bicyclic) bond motifs is 2. The largest absolute Gasteiger partial charge is 0.492 e. The van der Waals surface area contributed by atoms with E-state index in [1.807, 2.05) is 25.2 Å². The number of aromatic nitrogens is 1. The summed E-state index contributed by atoms with van der Waals surface area (Å²) in [6, 6.07) is 10.3. The standard InChI is InChI=1S/C20H17Cl2N3O3/c1-25-15-9-11(21)3-2-10(15)8-16(25)20(27)24-14-6-7-28-18-12(14)4-5-13(17(18)22)19(23)26/h2-5,8-9,14H,6-7H2,1H3,(H2,23,26)(H,24,27)/t14-/m1/s1. The minimum absolute atomic E-state index is 0.170. The maximum absolute atomic E-state index is 12.9. The van der Waals surface area contributed by atoms with Gasteiger partial charge in [-0.05, 0) is 24.3 Å². The van der Waals surface area contributed by atoms with Gasteiger partial charge in [0.25, 0.3) is 5.91 Å². The van der Waals surface area contributed by atoms with Crippen molar-refractivity contribution in [3.63, 3.8) is 0 Å². The molecule has 0 saturated carbocycles. The lowest BCUT2D eigenvalue weighted by molar-refractivity contribution is 0.0915.